The fourth-order valence-electron chi connectivity index (χ4n) is 1.91. The van der Waals surface area contributed by atoms with Gasteiger partial charge in [0.05, 0.1) is 0 Å². The van der Waals surface area contributed by atoms with E-state index < -0.39 is 15.9 Å². The van der Waals surface area contributed by atoms with Crippen molar-refractivity contribution in [2.75, 3.05) is 18.2 Å². The van der Waals surface area contributed by atoms with Crippen molar-refractivity contribution in [2.24, 2.45) is 5.73 Å². The molecule has 0 aromatic carbocycles. The van der Waals surface area contributed by atoms with E-state index in [2.05, 4.69) is 15.3 Å². The molecular formula is C15H17N5O4S. The van der Waals surface area contributed by atoms with Crippen LogP contribution in [0.2, 0.25) is 0 Å². The van der Waals surface area contributed by atoms with Crippen molar-refractivity contribution in [1.82, 2.24) is 15.3 Å². The van der Waals surface area contributed by atoms with Gasteiger partial charge in [-0.25, -0.2) is 18.2 Å². The van der Waals surface area contributed by atoms with E-state index in [0.29, 0.717) is 11.1 Å². The van der Waals surface area contributed by atoms with Crippen LogP contribution in [0.3, 0.4) is 0 Å². The van der Waals surface area contributed by atoms with E-state index in [1.54, 1.807) is 12.1 Å². The number of primary amides is 1. The molecule has 0 aliphatic heterocycles. The molecule has 0 radical (unpaired) electrons. The molecule has 132 valence electrons. The molecule has 0 aliphatic rings. The quantitative estimate of drug-likeness (QED) is 0.785. The number of nitrogens with one attached hydrogen (secondary N) is 1. The van der Waals surface area contributed by atoms with Crippen LogP contribution in [0.25, 0.3) is 0 Å². The highest BCUT2D eigenvalue weighted by molar-refractivity contribution is 7.90. The van der Waals surface area contributed by atoms with Crippen LogP contribution in [0.1, 0.15) is 15.9 Å². The van der Waals surface area contributed by atoms with Crippen molar-refractivity contribution in [3.05, 3.63) is 47.8 Å². The third kappa shape index (κ3) is 4.73. The summed E-state index contributed by atoms with van der Waals surface area (Å²) in [5.74, 6) is -0.270. The molecule has 0 bridgehead atoms. The first-order valence-corrected chi connectivity index (χ1v) is 9.00. The number of nitrogens with two attached hydrogens (primary N) is 1. The van der Waals surface area contributed by atoms with Crippen LogP contribution in [0.15, 0.2) is 41.7 Å². The molecule has 2 aromatic rings. The molecule has 2 rings (SSSR count). The Hall–Kier alpha value is -3.01. The number of aromatic nitrogens is 2. The number of carbonyl (C=O) groups excluding carboxylic acids is 2. The van der Waals surface area contributed by atoms with Gasteiger partial charge in [0.25, 0.3) is 5.91 Å². The summed E-state index contributed by atoms with van der Waals surface area (Å²) in [6.45, 7) is 0.0474. The van der Waals surface area contributed by atoms with Gasteiger partial charge < -0.3 is 11.1 Å². The van der Waals surface area contributed by atoms with Gasteiger partial charge in [0.2, 0.25) is 0 Å². The van der Waals surface area contributed by atoms with Gasteiger partial charge >= 0.3 is 6.03 Å². The summed E-state index contributed by atoms with van der Waals surface area (Å²) in [5.41, 5.74) is 6.07. The van der Waals surface area contributed by atoms with Gasteiger partial charge in [0, 0.05) is 37.8 Å². The van der Waals surface area contributed by atoms with Crippen molar-refractivity contribution in [3.63, 3.8) is 0 Å². The van der Waals surface area contributed by atoms with E-state index in [4.69, 9.17) is 5.73 Å². The molecule has 10 heteroatoms. The van der Waals surface area contributed by atoms with Gasteiger partial charge in [0.1, 0.15) is 5.82 Å². The largest absolute Gasteiger partial charge is 0.351 e. The molecule has 9 nitrogen and oxygen atoms in total. The molecule has 25 heavy (non-hydrogen) atoms. The minimum absolute atomic E-state index is 0.0474. The average molecular weight is 363 g/mol. The number of carbonyl (C=O) groups is 2. The number of nitrogens with zero attached hydrogens (tertiary/aromatic N) is 3. The van der Waals surface area contributed by atoms with Crippen molar-refractivity contribution in [1.29, 1.82) is 0 Å². The number of amides is 3. The summed E-state index contributed by atoms with van der Waals surface area (Å²) in [4.78, 5) is 32.1. The fourth-order valence-corrected chi connectivity index (χ4v) is 2.53. The number of hydrogen-bond acceptors (Lipinski definition) is 6. The minimum Gasteiger partial charge on any atom is -0.351 e. The number of hydrogen-bond donors (Lipinski definition) is 2. The van der Waals surface area contributed by atoms with Crippen LogP contribution in [0.5, 0.6) is 0 Å². The maximum absolute atomic E-state index is 12.1. The number of anilines is 1. The van der Waals surface area contributed by atoms with E-state index in [9.17, 15) is 18.0 Å². The molecule has 3 N–H and O–H groups in total. The Morgan fingerprint density at radius 2 is 1.88 bits per heavy atom. The summed E-state index contributed by atoms with van der Waals surface area (Å²) in [6, 6.07) is 5.13. The Morgan fingerprint density at radius 1 is 1.24 bits per heavy atom. The SMILES string of the molecule is CN(C(N)=O)c1cc(CNC(=O)c2ccncc2)cc(S(C)(=O)=O)n1. The zero-order chi connectivity index (χ0) is 18.6. The first kappa shape index (κ1) is 18.3. The standard InChI is InChI=1S/C15H17N5O4S/c1-20(15(16)22)12-7-10(8-13(19-12)25(2,23)24)9-18-14(21)11-3-5-17-6-4-11/h3-8H,9H2,1-2H3,(H2,16,22)(H,18,21). The van der Waals surface area contributed by atoms with E-state index in [-0.39, 0.29) is 23.3 Å². The summed E-state index contributed by atoms with van der Waals surface area (Å²) in [7, 11) is -2.24. The highest BCUT2D eigenvalue weighted by Gasteiger charge is 2.16. The molecule has 0 saturated carbocycles. The number of pyridine rings is 2. The summed E-state index contributed by atoms with van der Waals surface area (Å²) >= 11 is 0. The molecule has 0 unspecified atom stereocenters. The Morgan fingerprint density at radius 3 is 2.44 bits per heavy atom. The normalized spacial score (nSPS) is 11.0. The lowest BCUT2D eigenvalue weighted by molar-refractivity contribution is 0.0950. The van der Waals surface area contributed by atoms with Crippen molar-refractivity contribution < 1.29 is 18.0 Å². The average Bonchev–Trinajstić information content (AvgIpc) is 2.58. The minimum atomic E-state index is -3.61. The summed E-state index contributed by atoms with van der Waals surface area (Å²) in [5, 5.41) is 2.45. The topological polar surface area (TPSA) is 135 Å². The summed E-state index contributed by atoms with van der Waals surface area (Å²) in [6.07, 6.45) is 3.98. The monoisotopic (exact) mass is 363 g/mol. The van der Waals surface area contributed by atoms with E-state index in [1.807, 2.05) is 0 Å². The lowest BCUT2D eigenvalue weighted by atomic mass is 10.2. The van der Waals surface area contributed by atoms with Crippen LogP contribution in [-0.4, -0.2) is 43.6 Å². The molecular weight excluding hydrogens is 346 g/mol. The van der Waals surface area contributed by atoms with E-state index in [1.165, 1.54) is 31.6 Å². The zero-order valence-electron chi connectivity index (χ0n) is 13.6. The fraction of sp³-hybridized carbons (Fsp3) is 0.200. The maximum Gasteiger partial charge on any atom is 0.320 e. The Balaban J connectivity index is 2.29. The maximum atomic E-state index is 12.1. The molecule has 3 amide bonds. The van der Waals surface area contributed by atoms with Gasteiger partial charge in [-0.1, -0.05) is 0 Å². The van der Waals surface area contributed by atoms with Crippen LogP contribution in [-0.2, 0) is 16.4 Å². The van der Waals surface area contributed by atoms with Crippen LogP contribution < -0.4 is 16.0 Å². The molecule has 0 fully saturated rings. The highest BCUT2D eigenvalue weighted by Crippen LogP contribution is 2.17. The highest BCUT2D eigenvalue weighted by atomic mass is 32.2. The lowest BCUT2D eigenvalue weighted by Gasteiger charge is -2.16. The molecule has 2 aromatic heterocycles. The first-order valence-electron chi connectivity index (χ1n) is 7.11. The van der Waals surface area contributed by atoms with Gasteiger partial charge in [0.15, 0.2) is 14.9 Å². The van der Waals surface area contributed by atoms with Crippen LogP contribution in [0.4, 0.5) is 10.6 Å². The van der Waals surface area contributed by atoms with Gasteiger partial charge in [-0.15, -0.1) is 0 Å². The van der Waals surface area contributed by atoms with Crippen LogP contribution in [0, 0.1) is 0 Å². The predicted molar refractivity (Wildman–Crippen MR) is 90.7 cm³/mol. The number of rotatable bonds is 5. The smallest absolute Gasteiger partial charge is 0.320 e. The molecule has 0 saturated heterocycles. The second-order valence-corrected chi connectivity index (χ2v) is 7.22. The number of urea groups is 1. The van der Waals surface area contributed by atoms with Crippen molar-refractivity contribution in [3.8, 4) is 0 Å². The van der Waals surface area contributed by atoms with Gasteiger partial charge in [-0.05, 0) is 29.8 Å². The van der Waals surface area contributed by atoms with Gasteiger partial charge in [-0.3, -0.25) is 14.7 Å². The Kier molecular flexibility index (Phi) is 5.32. The Bertz CT molecular complexity index is 899. The zero-order valence-corrected chi connectivity index (χ0v) is 14.4. The molecule has 0 aliphatic carbocycles. The third-order valence-corrected chi connectivity index (χ3v) is 4.27. The van der Waals surface area contributed by atoms with Crippen molar-refractivity contribution in [2.45, 2.75) is 11.6 Å². The predicted octanol–water partition coefficient (Wildman–Crippen LogP) is 0.325. The van der Waals surface area contributed by atoms with Gasteiger partial charge in [-0.2, -0.15) is 0 Å². The molecule has 0 atom stereocenters. The Labute approximate surface area is 144 Å². The second kappa shape index (κ2) is 7.26. The number of sulfone groups is 1. The first-order chi connectivity index (χ1) is 11.7. The molecule has 2 heterocycles. The van der Waals surface area contributed by atoms with E-state index in [0.717, 1.165) is 11.2 Å². The van der Waals surface area contributed by atoms with Crippen molar-refractivity contribution >= 4 is 27.6 Å². The summed E-state index contributed by atoms with van der Waals surface area (Å²) < 4.78 is 23.6. The molecule has 0 spiro atoms. The second-order valence-electron chi connectivity index (χ2n) is 5.26. The van der Waals surface area contributed by atoms with Crippen LogP contribution >= 0.6 is 0 Å². The third-order valence-electron chi connectivity index (χ3n) is 3.30. The lowest BCUT2D eigenvalue weighted by Crippen LogP contribution is -2.33. The van der Waals surface area contributed by atoms with E-state index >= 15 is 0 Å².